The Morgan fingerprint density at radius 1 is 1.08 bits per heavy atom. The number of ketones is 1. The normalized spacial score (nSPS) is 16.7. The lowest BCUT2D eigenvalue weighted by atomic mass is 10.1. The molecular weight excluding hydrogens is 340 g/mol. The molecule has 2 aromatic rings. The Kier molecular flexibility index (Phi) is 4.85. The van der Waals surface area contributed by atoms with Gasteiger partial charge in [-0.15, -0.1) is 11.8 Å². The molecule has 1 amide bonds. The fourth-order valence-corrected chi connectivity index (χ4v) is 3.98. The molecule has 0 aliphatic carbocycles. The summed E-state index contributed by atoms with van der Waals surface area (Å²) in [5.41, 5.74) is 1.99. The molecule has 1 unspecified atom stereocenters. The van der Waals surface area contributed by atoms with Crippen LogP contribution in [-0.4, -0.2) is 33.8 Å². The summed E-state index contributed by atoms with van der Waals surface area (Å²) >= 11 is 1.63. The summed E-state index contributed by atoms with van der Waals surface area (Å²) in [5, 5.41) is 10.6. The molecule has 0 N–H and O–H groups in total. The van der Waals surface area contributed by atoms with Crippen LogP contribution in [0.2, 0.25) is 0 Å². The fraction of sp³-hybridized carbons (Fsp3) is 0.222. The van der Waals surface area contributed by atoms with Crippen molar-refractivity contribution in [2.24, 2.45) is 0 Å². The number of non-ortho nitro benzene ring substituents is 1. The number of hydrogen-bond donors (Lipinski definition) is 0. The van der Waals surface area contributed by atoms with Crippen molar-refractivity contribution in [3.8, 4) is 0 Å². The van der Waals surface area contributed by atoms with Gasteiger partial charge in [0.25, 0.3) is 11.6 Å². The van der Waals surface area contributed by atoms with E-state index in [0.29, 0.717) is 17.7 Å². The first-order chi connectivity index (χ1) is 12.0. The highest BCUT2D eigenvalue weighted by atomic mass is 32.2. The Labute approximate surface area is 149 Å². The van der Waals surface area contributed by atoms with Gasteiger partial charge in [0.05, 0.1) is 4.92 Å². The first kappa shape index (κ1) is 17.2. The van der Waals surface area contributed by atoms with E-state index in [4.69, 9.17) is 0 Å². The number of nitro groups is 1. The predicted octanol–water partition coefficient (Wildman–Crippen LogP) is 3.69. The van der Waals surface area contributed by atoms with E-state index in [9.17, 15) is 19.7 Å². The van der Waals surface area contributed by atoms with E-state index < -0.39 is 4.92 Å². The number of rotatable bonds is 4. The summed E-state index contributed by atoms with van der Waals surface area (Å²) in [7, 11) is 0. The Bertz CT molecular complexity index is 818. The van der Waals surface area contributed by atoms with E-state index >= 15 is 0 Å². The average Bonchev–Trinajstić information content (AvgIpc) is 3.11. The van der Waals surface area contributed by atoms with E-state index in [1.807, 2.05) is 0 Å². The molecular formula is C18H16N2O4S. The number of nitrogens with zero attached hydrogens (tertiary/aromatic N) is 2. The number of Topliss-reactive ketones (excluding diaryl/α,β-unsaturated/α-hetero) is 1. The van der Waals surface area contributed by atoms with Crippen molar-refractivity contribution >= 4 is 29.1 Å². The van der Waals surface area contributed by atoms with Gasteiger partial charge in [-0.05, 0) is 36.8 Å². The monoisotopic (exact) mass is 356 g/mol. The van der Waals surface area contributed by atoms with E-state index in [0.717, 1.165) is 11.3 Å². The smallest absolute Gasteiger partial charge is 0.269 e. The summed E-state index contributed by atoms with van der Waals surface area (Å²) in [6, 6.07) is 12.9. The lowest BCUT2D eigenvalue weighted by Crippen LogP contribution is -2.30. The van der Waals surface area contributed by atoms with Crippen LogP contribution in [-0.2, 0) is 0 Å². The quantitative estimate of drug-likeness (QED) is 0.474. The number of carbonyl (C=O) groups excluding carboxylic acids is 2. The minimum absolute atomic E-state index is 0.0319. The minimum Gasteiger partial charge on any atom is -0.322 e. The van der Waals surface area contributed by atoms with Crippen molar-refractivity contribution in [2.75, 3.05) is 12.3 Å². The van der Waals surface area contributed by atoms with Crippen LogP contribution in [0.1, 0.15) is 38.6 Å². The second-order valence-corrected chi connectivity index (χ2v) is 6.89. The largest absolute Gasteiger partial charge is 0.322 e. The van der Waals surface area contributed by atoms with Crippen molar-refractivity contribution in [1.82, 2.24) is 4.90 Å². The lowest BCUT2D eigenvalue weighted by Gasteiger charge is -2.24. The molecule has 1 fully saturated rings. The van der Waals surface area contributed by atoms with E-state index in [1.54, 1.807) is 53.1 Å². The topological polar surface area (TPSA) is 80.5 Å². The number of benzene rings is 2. The maximum absolute atomic E-state index is 12.8. The molecule has 0 spiro atoms. The van der Waals surface area contributed by atoms with Crippen molar-refractivity contribution in [1.29, 1.82) is 0 Å². The summed E-state index contributed by atoms with van der Waals surface area (Å²) in [6.45, 7) is 2.10. The van der Waals surface area contributed by atoms with E-state index in [-0.39, 0.29) is 22.8 Å². The second-order valence-electron chi connectivity index (χ2n) is 5.70. The highest BCUT2D eigenvalue weighted by Gasteiger charge is 2.31. The van der Waals surface area contributed by atoms with Crippen LogP contribution in [0.25, 0.3) is 0 Å². The van der Waals surface area contributed by atoms with Crippen LogP contribution in [0.4, 0.5) is 5.69 Å². The zero-order valence-corrected chi connectivity index (χ0v) is 14.4. The minimum atomic E-state index is -0.439. The Morgan fingerprint density at radius 3 is 2.24 bits per heavy atom. The van der Waals surface area contributed by atoms with Gasteiger partial charge < -0.3 is 4.90 Å². The third-order valence-electron chi connectivity index (χ3n) is 4.08. The van der Waals surface area contributed by atoms with Crippen LogP contribution in [0.3, 0.4) is 0 Å². The Hall–Kier alpha value is -2.67. The van der Waals surface area contributed by atoms with Gasteiger partial charge in [-0.3, -0.25) is 19.7 Å². The van der Waals surface area contributed by atoms with Crippen LogP contribution in [0.5, 0.6) is 0 Å². The number of hydrogen-bond acceptors (Lipinski definition) is 5. The van der Waals surface area contributed by atoms with E-state index in [1.165, 1.54) is 19.1 Å². The molecule has 1 heterocycles. The van der Waals surface area contributed by atoms with Crippen LogP contribution >= 0.6 is 11.8 Å². The van der Waals surface area contributed by atoms with Crippen molar-refractivity contribution < 1.29 is 14.5 Å². The Balaban J connectivity index is 1.81. The molecule has 7 heteroatoms. The third-order valence-corrected chi connectivity index (χ3v) is 5.34. The molecule has 1 aliphatic rings. The summed E-state index contributed by atoms with van der Waals surface area (Å²) in [6.07, 6.45) is 0. The first-order valence-corrected chi connectivity index (χ1v) is 8.80. The number of amides is 1. The highest BCUT2D eigenvalue weighted by molar-refractivity contribution is 7.99. The van der Waals surface area contributed by atoms with Gasteiger partial charge in [-0.25, -0.2) is 0 Å². The molecule has 128 valence electrons. The average molecular weight is 356 g/mol. The molecule has 1 aliphatic heterocycles. The summed E-state index contributed by atoms with van der Waals surface area (Å²) in [4.78, 5) is 36.3. The third kappa shape index (κ3) is 3.56. The number of thioether (sulfide) groups is 1. The number of nitro benzene ring substituents is 1. The van der Waals surface area contributed by atoms with Gasteiger partial charge in [0.1, 0.15) is 5.37 Å². The lowest BCUT2D eigenvalue weighted by molar-refractivity contribution is -0.384. The molecule has 0 bridgehead atoms. The van der Waals surface area contributed by atoms with Gasteiger partial charge in [0.2, 0.25) is 0 Å². The molecule has 1 saturated heterocycles. The predicted molar refractivity (Wildman–Crippen MR) is 95.8 cm³/mol. The van der Waals surface area contributed by atoms with Gasteiger partial charge in [-0.2, -0.15) is 0 Å². The second kappa shape index (κ2) is 7.06. The fourth-order valence-electron chi connectivity index (χ4n) is 2.73. The molecule has 2 aromatic carbocycles. The first-order valence-electron chi connectivity index (χ1n) is 7.75. The zero-order valence-electron chi connectivity index (χ0n) is 13.5. The molecule has 3 rings (SSSR count). The molecule has 6 nitrogen and oxygen atoms in total. The van der Waals surface area contributed by atoms with Crippen molar-refractivity contribution in [3.05, 3.63) is 75.3 Å². The zero-order chi connectivity index (χ0) is 18.0. The standard InChI is InChI=1S/C18H16N2O4S/c1-12(21)13-2-4-14(5-3-13)17(22)19-10-11-25-18(19)15-6-8-16(9-7-15)20(23)24/h2-9,18H,10-11H2,1H3. The van der Waals surface area contributed by atoms with Crippen LogP contribution < -0.4 is 0 Å². The maximum atomic E-state index is 12.8. The Morgan fingerprint density at radius 2 is 1.68 bits per heavy atom. The van der Waals surface area contributed by atoms with Crippen molar-refractivity contribution in [3.63, 3.8) is 0 Å². The van der Waals surface area contributed by atoms with Gasteiger partial charge in [0, 0.05) is 35.6 Å². The molecule has 0 radical (unpaired) electrons. The van der Waals surface area contributed by atoms with Gasteiger partial charge in [0.15, 0.2) is 5.78 Å². The van der Waals surface area contributed by atoms with Gasteiger partial charge in [-0.1, -0.05) is 12.1 Å². The molecule has 0 aromatic heterocycles. The molecule has 1 atom stereocenters. The summed E-state index contributed by atoms with van der Waals surface area (Å²) < 4.78 is 0. The highest BCUT2D eigenvalue weighted by Crippen LogP contribution is 2.39. The van der Waals surface area contributed by atoms with Crippen LogP contribution in [0, 0.1) is 10.1 Å². The molecule has 0 saturated carbocycles. The SMILES string of the molecule is CC(=O)c1ccc(C(=O)N2CCSC2c2ccc([N+](=O)[O-])cc2)cc1. The van der Waals surface area contributed by atoms with Crippen molar-refractivity contribution in [2.45, 2.75) is 12.3 Å². The number of carbonyl (C=O) groups is 2. The van der Waals surface area contributed by atoms with E-state index in [2.05, 4.69) is 0 Å². The van der Waals surface area contributed by atoms with Gasteiger partial charge >= 0.3 is 0 Å². The summed E-state index contributed by atoms with van der Waals surface area (Å²) in [5.74, 6) is 0.654. The molecule has 25 heavy (non-hydrogen) atoms. The maximum Gasteiger partial charge on any atom is 0.269 e. The van der Waals surface area contributed by atoms with Crippen LogP contribution in [0.15, 0.2) is 48.5 Å².